The van der Waals surface area contributed by atoms with Crippen LogP contribution in [0.5, 0.6) is 17.2 Å². The molecule has 1 aliphatic carbocycles. The quantitative estimate of drug-likeness (QED) is 0.0621. The summed E-state index contributed by atoms with van der Waals surface area (Å²) in [5, 5.41) is 0. The Morgan fingerprint density at radius 3 is 1.05 bits per heavy atom. The number of ether oxygens (including phenoxy) is 2. The molecular weight excluding hydrogens is 1410 g/mol. The lowest BCUT2D eigenvalue weighted by Crippen LogP contribution is -2.28. The minimum atomic E-state index is -5.57. The molecule has 0 radical (unpaired) electrons. The zero-order chi connectivity index (χ0) is 73.4. The van der Waals surface area contributed by atoms with Crippen LogP contribution in [0.4, 0.5) is 13.2 Å². The summed E-state index contributed by atoms with van der Waals surface area (Å²) >= 11 is 0. The van der Waals surface area contributed by atoms with Gasteiger partial charge in [0.25, 0.3) is 40.5 Å². The largest absolute Gasteiger partial charge is 0.497 e. The zero-order valence-electron chi connectivity index (χ0n) is 55.2. The molecule has 13 aromatic rings. The zero-order valence-corrected chi connectivity index (χ0v) is 58.5. The number of benzene rings is 13. The highest BCUT2D eigenvalue weighted by atomic mass is 32.2. The fourth-order valence-electron chi connectivity index (χ4n) is 14.2. The van der Waals surface area contributed by atoms with Gasteiger partial charge in [-0.3, -0.25) is 18.2 Å². The highest BCUT2D eigenvalue weighted by Gasteiger charge is 2.46. The first-order chi connectivity index (χ1) is 49.5. The van der Waals surface area contributed by atoms with Gasteiger partial charge in [-0.1, -0.05) is 218 Å². The maximum atomic E-state index is 15.7. The number of hydrogen-bond donors (Lipinski definition) is 4. The number of methoxy groups -OCH3 is 1. The summed E-state index contributed by atoms with van der Waals surface area (Å²) in [6.07, 6.45) is -4.99. The molecular formula is C83H59F3O14S4. The van der Waals surface area contributed by atoms with Gasteiger partial charge in [0.1, 0.15) is 36.8 Å². The summed E-state index contributed by atoms with van der Waals surface area (Å²) in [5.41, 5.74) is 9.91. The first-order valence-electron chi connectivity index (χ1n) is 32.2. The van der Waals surface area contributed by atoms with Crippen LogP contribution in [0.15, 0.2) is 299 Å². The lowest BCUT2D eigenvalue weighted by molar-refractivity contribution is -0.138. The van der Waals surface area contributed by atoms with Crippen LogP contribution in [-0.4, -0.2) is 59.0 Å². The van der Waals surface area contributed by atoms with Crippen molar-refractivity contribution in [1.29, 1.82) is 0 Å². The normalized spacial score (nSPS) is 12.9. The summed E-state index contributed by atoms with van der Waals surface area (Å²) in [4.78, 5) is -4.94. The van der Waals surface area contributed by atoms with Gasteiger partial charge in [0.05, 0.1) is 18.1 Å². The molecule has 1 aliphatic rings. The number of fused-ring (bicyclic) bond motifs is 3. The molecule has 0 saturated carbocycles. The van der Waals surface area contributed by atoms with Gasteiger partial charge in [-0.25, -0.2) is 0 Å². The molecule has 14 rings (SSSR count). The summed E-state index contributed by atoms with van der Waals surface area (Å²) in [6.45, 7) is 3.95. The van der Waals surface area contributed by atoms with Crippen LogP contribution in [0, 0.1) is 13.8 Å². The summed E-state index contributed by atoms with van der Waals surface area (Å²) in [7, 11) is -20.4. The fourth-order valence-corrected chi connectivity index (χ4v) is 17.8. The van der Waals surface area contributed by atoms with Gasteiger partial charge in [-0.15, -0.1) is 0 Å². The van der Waals surface area contributed by atoms with Crippen LogP contribution in [0.25, 0.3) is 100 Å². The number of rotatable bonds is 17. The minimum absolute atomic E-state index is 0.0218. The van der Waals surface area contributed by atoms with Crippen LogP contribution in [0.3, 0.4) is 0 Å². The van der Waals surface area contributed by atoms with Crippen LogP contribution < -0.4 is 9.47 Å². The fraction of sp³-hybridized carbons (Fsp3) is 0.0602. The Hall–Kier alpha value is -11.1. The Morgan fingerprint density at radius 2 is 0.654 bits per heavy atom. The standard InChI is InChI=1S/C83H59F3O14S4/c1-50-22-23-58(46-51(50)2)52-24-28-56(29-25-52)78-76(54-14-6-4-7-15-54)80(60-33-44-72(101(87,88)89)74(48-60)103(93,94)95)79(81(77(78)55-16-8-5-9-17-55)61-34-45-73(102(90,91)92)75(49-61)104(96,97)98)57-30-26-53(27-31-57)59-32-43-71(70(47-59)83(84,85)86)100-65-41-37-63(38-42-65)82(62-35-39-64(99-3)40-36-62)68-20-12-10-18-66(68)67-19-11-13-21-69(67)82/h4-49H,1-3H3,(H,87,88,89)(H,90,91,92)(H,93,94,95)(H,96,97,98). The second-order valence-corrected chi connectivity index (χ2v) is 30.6. The molecule has 0 saturated heterocycles. The van der Waals surface area contributed by atoms with Gasteiger partial charge in [0.2, 0.25) is 0 Å². The number of alkyl halides is 3. The first-order valence-corrected chi connectivity index (χ1v) is 37.9. The predicted molar refractivity (Wildman–Crippen MR) is 394 cm³/mol. The van der Waals surface area contributed by atoms with Crippen molar-refractivity contribution in [3.63, 3.8) is 0 Å². The molecule has 520 valence electrons. The Morgan fingerprint density at radius 1 is 0.317 bits per heavy atom. The molecule has 0 spiro atoms. The van der Waals surface area contributed by atoms with E-state index < -0.39 is 83.0 Å². The van der Waals surface area contributed by atoms with Crippen LogP contribution in [0.2, 0.25) is 0 Å². The molecule has 0 fully saturated rings. The lowest BCUT2D eigenvalue weighted by atomic mass is 9.68. The minimum Gasteiger partial charge on any atom is -0.497 e. The van der Waals surface area contributed by atoms with Gasteiger partial charge in [-0.2, -0.15) is 46.8 Å². The summed E-state index contributed by atoms with van der Waals surface area (Å²) in [6, 6.07) is 76.5. The molecule has 4 N–H and O–H groups in total. The number of halogens is 3. The average Bonchev–Trinajstić information content (AvgIpc) is 1.42. The Bertz CT molecular complexity index is 5850. The van der Waals surface area contributed by atoms with Crippen molar-refractivity contribution >= 4 is 40.5 Å². The van der Waals surface area contributed by atoms with Crippen molar-refractivity contribution < 1.29 is 74.5 Å². The van der Waals surface area contributed by atoms with E-state index in [0.717, 1.165) is 86.0 Å². The SMILES string of the molecule is COc1ccc(C2(c3ccc(Oc4ccc(-c5ccc(-c6c(-c7ccc(S(=O)(=O)O)c(S(=O)(=O)O)c7)c(-c7ccccc7)c(-c7ccc(-c8ccc(C)c(C)c8)cc7)c(-c7ccccc7)c6-c6ccc(S(=O)(=O)O)c(S(=O)(=O)O)c6)cc5)cc4C(F)(F)F)cc3)c3ccccc3-c3ccccc32)cc1. The third-order valence-corrected chi connectivity index (χ3v) is 22.9. The topological polar surface area (TPSA) is 236 Å². The Balaban J connectivity index is 0.994. The van der Waals surface area contributed by atoms with Crippen molar-refractivity contribution in [3.8, 4) is 117 Å². The van der Waals surface area contributed by atoms with E-state index in [0.29, 0.717) is 28.0 Å². The predicted octanol–water partition coefficient (Wildman–Crippen LogP) is 19.8. The third kappa shape index (κ3) is 12.9. The highest BCUT2D eigenvalue weighted by molar-refractivity contribution is 7.89. The molecule has 104 heavy (non-hydrogen) atoms. The number of hydrogen-bond acceptors (Lipinski definition) is 10. The van der Waals surface area contributed by atoms with Gasteiger partial charge >= 0.3 is 6.18 Å². The van der Waals surface area contributed by atoms with Crippen molar-refractivity contribution in [2.75, 3.05) is 7.11 Å². The first kappa shape index (κ1) is 70.0. The molecule has 0 atom stereocenters. The van der Waals surface area contributed by atoms with E-state index in [1.165, 1.54) is 48.5 Å². The molecule has 0 aliphatic heterocycles. The highest BCUT2D eigenvalue weighted by Crippen LogP contribution is 2.59. The van der Waals surface area contributed by atoms with E-state index in [4.69, 9.17) is 9.47 Å². The molecule has 14 nitrogen and oxygen atoms in total. The molecule has 0 amide bonds. The molecule has 0 aromatic heterocycles. The van der Waals surface area contributed by atoms with Crippen LogP contribution in [-0.2, 0) is 52.1 Å². The van der Waals surface area contributed by atoms with E-state index in [9.17, 15) is 51.9 Å². The monoisotopic (exact) mass is 1460 g/mol. The lowest BCUT2D eigenvalue weighted by Gasteiger charge is -2.34. The average molecular weight is 1470 g/mol. The Labute approximate surface area is 598 Å². The van der Waals surface area contributed by atoms with E-state index in [1.54, 1.807) is 79.9 Å². The summed E-state index contributed by atoms with van der Waals surface area (Å²) in [5.74, 6) is 0.240. The molecule has 0 heterocycles. The molecule has 0 bridgehead atoms. The Kier molecular flexibility index (Phi) is 17.9. The van der Waals surface area contributed by atoms with E-state index in [-0.39, 0.29) is 61.4 Å². The molecule has 0 unspecified atom stereocenters. The maximum Gasteiger partial charge on any atom is 0.420 e. The molecule has 21 heteroatoms. The van der Waals surface area contributed by atoms with E-state index in [1.807, 2.05) is 117 Å². The van der Waals surface area contributed by atoms with Crippen molar-refractivity contribution in [1.82, 2.24) is 0 Å². The van der Waals surface area contributed by atoms with Gasteiger partial charge in [0, 0.05) is 0 Å². The van der Waals surface area contributed by atoms with Crippen molar-refractivity contribution in [3.05, 3.63) is 318 Å². The smallest absolute Gasteiger partial charge is 0.420 e. The maximum absolute atomic E-state index is 15.7. The van der Waals surface area contributed by atoms with Crippen molar-refractivity contribution in [2.45, 2.75) is 45.0 Å². The second-order valence-electron chi connectivity index (χ2n) is 25.1. The third-order valence-electron chi connectivity index (χ3n) is 19.0. The van der Waals surface area contributed by atoms with Gasteiger partial charge in [0.15, 0.2) is 0 Å². The van der Waals surface area contributed by atoms with Gasteiger partial charge in [-0.05, 0) is 208 Å². The van der Waals surface area contributed by atoms with Crippen LogP contribution >= 0.6 is 0 Å². The second kappa shape index (κ2) is 26.6. The van der Waals surface area contributed by atoms with Crippen molar-refractivity contribution in [2.24, 2.45) is 0 Å². The van der Waals surface area contributed by atoms with Gasteiger partial charge < -0.3 is 9.47 Å². The van der Waals surface area contributed by atoms with Crippen LogP contribution in [0.1, 0.15) is 38.9 Å². The summed E-state index contributed by atoms with van der Waals surface area (Å²) < 4.78 is 208. The number of aryl methyl sites for hydroxylation is 2. The van der Waals surface area contributed by atoms with E-state index >= 15 is 13.2 Å². The van der Waals surface area contributed by atoms with E-state index in [2.05, 4.69) is 24.3 Å². The molecule has 13 aromatic carbocycles.